The second-order valence-electron chi connectivity index (χ2n) is 4.66. The van der Waals surface area contributed by atoms with Gasteiger partial charge in [-0.15, -0.1) is 0 Å². The van der Waals surface area contributed by atoms with Gasteiger partial charge < -0.3 is 5.32 Å². The van der Waals surface area contributed by atoms with Crippen molar-refractivity contribution in [1.29, 1.82) is 0 Å². The predicted molar refractivity (Wildman–Crippen MR) is 82.5 cm³/mol. The van der Waals surface area contributed by atoms with Crippen molar-refractivity contribution < 1.29 is 13.2 Å². The average molecular weight is 374 g/mol. The minimum Gasteiger partial charge on any atom is -0.313 e. The third-order valence-corrected chi connectivity index (χ3v) is 3.66. The molecule has 0 bridgehead atoms. The van der Waals surface area contributed by atoms with E-state index in [2.05, 4.69) is 31.2 Å². The molecule has 0 aliphatic heterocycles. The van der Waals surface area contributed by atoms with E-state index in [1.165, 1.54) is 6.07 Å². The van der Waals surface area contributed by atoms with Gasteiger partial charge in [-0.1, -0.05) is 28.9 Å². The molecule has 2 aromatic rings. The first-order valence-corrected chi connectivity index (χ1v) is 7.87. The van der Waals surface area contributed by atoms with Gasteiger partial charge >= 0.3 is 6.18 Å². The number of aromatic nitrogens is 2. The fourth-order valence-electron chi connectivity index (χ4n) is 1.99. The number of rotatable bonds is 5. The number of hydrogen-bond acceptors (Lipinski definition) is 3. The smallest absolute Gasteiger partial charge is 0.313 e. The summed E-state index contributed by atoms with van der Waals surface area (Å²) in [5.41, 5.74) is 1.25. The summed E-state index contributed by atoms with van der Waals surface area (Å²) in [5, 5.41) is 3.61. The van der Waals surface area contributed by atoms with Gasteiger partial charge in [0.1, 0.15) is 0 Å². The number of alkyl halides is 4. The highest BCUT2D eigenvalue weighted by molar-refractivity contribution is 9.08. The second-order valence-corrected chi connectivity index (χ2v) is 5.22. The number of halogens is 4. The zero-order valence-corrected chi connectivity index (χ0v) is 13.5. The number of nitrogens with zero attached hydrogens (tertiary/aromatic N) is 2. The van der Waals surface area contributed by atoms with Crippen LogP contribution in [0, 0.1) is 0 Å². The van der Waals surface area contributed by atoms with E-state index < -0.39 is 11.7 Å². The highest BCUT2D eigenvalue weighted by atomic mass is 79.9. The first-order chi connectivity index (χ1) is 10.5. The number of benzene rings is 1. The molecular formula is C15H15BrF3N3. The standard InChI is InChI=1S/C15H15BrF3N3/c1-2-20-9-10-7-11(15(17,18)19)3-4-13(10)14-21-6-5-12(8-16)22-14/h3-7,20H,2,8-9H2,1H3. The molecule has 22 heavy (non-hydrogen) atoms. The van der Waals surface area contributed by atoms with Crippen molar-refractivity contribution in [3.63, 3.8) is 0 Å². The molecule has 2 rings (SSSR count). The quantitative estimate of drug-likeness (QED) is 0.799. The van der Waals surface area contributed by atoms with Crippen LogP contribution in [0.1, 0.15) is 23.7 Å². The average Bonchev–Trinajstić information content (AvgIpc) is 2.51. The minimum atomic E-state index is -4.36. The molecule has 7 heteroatoms. The van der Waals surface area contributed by atoms with Crippen molar-refractivity contribution in [1.82, 2.24) is 15.3 Å². The normalized spacial score (nSPS) is 11.7. The Labute approximate surface area is 135 Å². The Hall–Kier alpha value is -1.47. The van der Waals surface area contributed by atoms with Gasteiger partial charge in [0.15, 0.2) is 5.82 Å². The molecule has 1 aromatic carbocycles. The van der Waals surface area contributed by atoms with Crippen LogP contribution in [0.2, 0.25) is 0 Å². The lowest BCUT2D eigenvalue weighted by atomic mass is 10.0. The van der Waals surface area contributed by atoms with E-state index in [0.717, 1.165) is 17.8 Å². The number of hydrogen-bond donors (Lipinski definition) is 1. The molecule has 0 aliphatic carbocycles. The van der Waals surface area contributed by atoms with Crippen molar-refractivity contribution in [2.75, 3.05) is 6.54 Å². The van der Waals surface area contributed by atoms with Crippen molar-refractivity contribution in [3.8, 4) is 11.4 Å². The molecule has 118 valence electrons. The van der Waals surface area contributed by atoms with E-state index in [4.69, 9.17) is 0 Å². The van der Waals surface area contributed by atoms with Crippen molar-refractivity contribution >= 4 is 15.9 Å². The Kier molecular flexibility index (Phi) is 5.52. The molecule has 0 unspecified atom stereocenters. The lowest BCUT2D eigenvalue weighted by Crippen LogP contribution is -2.14. The maximum absolute atomic E-state index is 12.9. The lowest BCUT2D eigenvalue weighted by Gasteiger charge is -2.13. The van der Waals surface area contributed by atoms with E-state index in [1.807, 2.05) is 6.92 Å². The molecular weight excluding hydrogens is 359 g/mol. The molecule has 0 saturated carbocycles. The molecule has 0 fully saturated rings. The largest absolute Gasteiger partial charge is 0.416 e. The molecule has 1 N–H and O–H groups in total. The summed E-state index contributed by atoms with van der Waals surface area (Å²) in [6.07, 6.45) is -2.76. The predicted octanol–water partition coefficient (Wildman–Crippen LogP) is 4.17. The van der Waals surface area contributed by atoms with Crippen LogP contribution in [0.25, 0.3) is 11.4 Å². The van der Waals surface area contributed by atoms with Crippen LogP contribution in [-0.2, 0) is 18.1 Å². The fourth-order valence-corrected chi connectivity index (χ4v) is 2.31. The highest BCUT2D eigenvalue weighted by Gasteiger charge is 2.31. The number of nitrogens with one attached hydrogen (secondary N) is 1. The summed E-state index contributed by atoms with van der Waals surface area (Å²) < 4.78 is 38.7. The molecule has 0 amide bonds. The first-order valence-electron chi connectivity index (χ1n) is 6.74. The third-order valence-electron chi connectivity index (χ3n) is 3.09. The highest BCUT2D eigenvalue weighted by Crippen LogP contribution is 2.32. The van der Waals surface area contributed by atoms with Crippen molar-refractivity contribution in [2.45, 2.75) is 25.0 Å². The Balaban J connectivity index is 2.49. The van der Waals surface area contributed by atoms with Crippen LogP contribution in [0.3, 0.4) is 0 Å². The molecule has 1 heterocycles. The van der Waals surface area contributed by atoms with Crippen molar-refractivity contribution in [3.05, 3.63) is 47.3 Å². The zero-order chi connectivity index (χ0) is 16.2. The van der Waals surface area contributed by atoms with Gasteiger partial charge in [0.05, 0.1) is 11.3 Å². The van der Waals surface area contributed by atoms with E-state index in [1.54, 1.807) is 12.3 Å². The van der Waals surface area contributed by atoms with Crippen LogP contribution in [0.5, 0.6) is 0 Å². The Bertz CT molecular complexity index is 644. The Morgan fingerprint density at radius 3 is 2.64 bits per heavy atom. The molecule has 0 radical (unpaired) electrons. The maximum Gasteiger partial charge on any atom is 0.416 e. The fraction of sp³-hybridized carbons (Fsp3) is 0.333. The second kappa shape index (κ2) is 7.19. The Morgan fingerprint density at radius 2 is 2.00 bits per heavy atom. The summed E-state index contributed by atoms with van der Waals surface area (Å²) in [4.78, 5) is 8.53. The monoisotopic (exact) mass is 373 g/mol. The summed E-state index contributed by atoms with van der Waals surface area (Å²) in [6.45, 7) is 2.89. The van der Waals surface area contributed by atoms with E-state index in [9.17, 15) is 13.2 Å². The third kappa shape index (κ3) is 4.04. The summed E-state index contributed by atoms with van der Waals surface area (Å²) in [6, 6.07) is 5.41. The van der Waals surface area contributed by atoms with Gasteiger partial charge in [-0.25, -0.2) is 9.97 Å². The maximum atomic E-state index is 12.9. The van der Waals surface area contributed by atoms with Crippen molar-refractivity contribution in [2.24, 2.45) is 0 Å². The summed E-state index contributed by atoms with van der Waals surface area (Å²) in [7, 11) is 0. The molecule has 0 atom stereocenters. The van der Waals surface area contributed by atoms with Gasteiger partial charge in [-0.2, -0.15) is 13.2 Å². The molecule has 1 aromatic heterocycles. The zero-order valence-electron chi connectivity index (χ0n) is 11.9. The van der Waals surface area contributed by atoms with E-state index in [-0.39, 0.29) is 0 Å². The molecule has 0 aliphatic rings. The molecule has 0 spiro atoms. The summed E-state index contributed by atoms with van der Waals surface area (Å²) in [5.74, 6) is 0.429. The lowest BCUT2D eigenvalue weighted by molar-refractivity contribution is -0.137. The van der Waals surface area contributed by atoms with Crippen LogP contribution in [-0.4, -0.2) is 16.5 Å². The van der Waals surface area contributed by atoms with Crippen LogP contribution < -0.4 is 5.32 Å². The van der Waals surface area contributed by atoms with Gasteiger partial charge in [0.2, 0.25) is 0 Å². The first kappa shape index (κ1) is 16.9. The van der Waals surface area contributed by atoms with E-state index >= 15 is 0 Å². The van der Waals surface area contributed by atoms with Gasteiger partial charge in [0, 0.05) is 23.6 Å². The Morgan fingerprint density at radius 1 is 1.23 bits per heavy atom. The molecule has 3 nitrogen and oxygen atoms in total. The molecule has 0 saturated heterocycles. The van der Waals surface area contributed by atoms with Gasteiger partial charge in [0.25, 0.3) is 0 Å². The van der Waals surface area contributed by atoms with E-state index in [0.29, 0.717) is 35.4 Å². The van der Waals surface area contributed by atoms with Crippen LogP contribution in [0.15, 0.2) is 30.5 Å². The summed E-state index contributed by atoms with van der Waals surface area (Å²) >= 11 is 3.31. The van der Waals surface area contributed by atoms with Crippen LogP contribution in [0.4, 0.5) is 13.2 Å². The SMILES string of the molecule is CCNCc1cc(C(F)(F)F)ccc1-c1nccc(CBr)n1. The van der Waals surface area contributed by atoms with Gasteiger partial charge in [-0.05, 0) is 30.3 Å². The van der Waals surface area contributed by atoms with Gasteiger partial charge in [-0.3, -0.25) is 0 Å². The van der Waals surface area contributed by atoms with Crippen LogP contribution >= 0.6 is 15.9 Å². The topological polar surface area (TPSA) is 37.8 Å². The minimum absolute atomic E-state index is 0.331.